The first-order chi connectivity index (χ1) is 9.97. The molecule has 21 heavy (non-hydrogen) atoms. The van der Waals surface area contributed by atoms with Crippen LogP contribution in [0.5, 0.6) is 5.75 Å². The third-order valence-electron chi connectivity index (χ3n) is 3.70. The molecule has 0 bridgehead atoms. The molecule has 0 aliphatic heterocycles. The Labute approximate surface area is 124 Å². The Hall–Kier alpha value is -2.08. The highest BCUT2D eigenvalue weighted by Gasteiger charge is 2.33. The van der Waals surface area contributed by atoms with E-state index in [2.05, 4.69) is 5.32 Å². The molecule has 0 saturated carbocycles. The van der Waals surface area contributed by atoms with Crippen molar-refractivity contribution in [3.8, 4) is 5.75 Å². The highest BCUT2D eigenvalue weighted by molar-refractivity contribution is 5.95. The van der Waals surface area contributed by atoms with Gasteiger partial charge in [-0.1, -0.05) is 13.8 Å². The van der Waals surface area contributed by atoms with Gasteiger partial charge in [0.1, 0.15) is 5.75 Å². The Bertz CT molecular complexity index is 473. The molecule has 1 aromatic carbocycles. The molecule has 1 amide bonds. The molecule has 0 unspecified atom stereocenters. The lowest BCUT2D eigenvalue weighted by Gasteiger charge is -2.28. The van der Waals surface area contributed by atoms with Gasteiger partial charge in [-0.05, 0) is 37.1 Å². The largest absolute Gasteiger partial charge is 0.482 e. The summed E-state index contributed by atoms with van der Waals surface area (Å²) in [6.07, 6.45) is 1.34. The first-order valence-electron chi connectivity index (χ1n) is 6.93. The molecular formula is C15H22N2O4. The number of carbonyl (C=O) groups excluding carboxylic acids is 1. The number of rotatable bonds is 8. The number of nitrogens with one attached hydrogen (secondary N) is 1. The van der Waals surface area contributed by atoms with Crippen LogP contribution in [0.1, 0.15) is 26.7 Å². The summed E-state index contributed by atoms with van der Waals surface area (Å²) in [5.74, 6) is -0.702. The third-order valence-corrected chi connectivity index (χ3v) is 3.70. The minimum atomic E-state index is -1.04. The normalized spacial score (nSPS) is 11.0. The van der Waals surface area contributed by atoms with Crippen molar-refractivity contribution in [1.29, 1.82) is 0 Å². The molecule has 1 aromatic rings. The average Bonchev–Trinajstić information content (AvgIpc) is 2.49. The lowest BCUT2D eigenvalue weighted by atomic mass is 9.81. The predicted molar refractivity (Wildman–Crippen MR) is 80.3 cm³/mol. The maximum Gasteiger partial charge on any atom is 0.341 e. The molecule has 0 spiro atoms. The van der Waals surface area contributed by atoms with E-state index < -0.39 is 18.0 Å². The molecule has 0 aromatic heterocycles. The monoisotopic (exact) mass is 294 g/mol. The molecule has 0 atom stereocenters. The molecule has 6 nitrogen and oxygen atoms in total. The number of ether oxygens (including phenoxy) is 1. The first kappa shape index (κ1) is 17.0. The van der Waals surface area contributed by atoms with Gasteiger partial charge in [0.2, 0.25) is 5.91 Å². The van der Waals surface area contributed by atoms with Crippen LogP contribution in [0.2, 0.25) is 0 Å². The lowest BCUT2D eigenvalue weighted by Crippen LogP contribution is -2.41. The molecule has 0 aliphatic carbocycles. The standard InChI is InChI=1S/C15H22N2O4/c1-3-15(4-2,10-16)14(20)17-11-5-7-12(8-6-11)21-9-13(18)19/h5-8H,3-4,9-10,16H2,1-2H3,(H,17,20)(H,18,19). The van der Waals surface area contributed by atoms with Crippen LogP contribution in [0.4, 0.5) is 5.69 Å². The molecule has 4 N–H and O–H groups in total. The van der Waals surface area contributed by atoms with Gasteiger partial charge in [0, 0.05) is 12.2 Å². The SMILES string of the molecule is CCC(CC)(CN)C(=O)Nc1ccc(OCC(=O)O)cc1. The molecule has 0 radical (unpaired) electrons. The van der Waals surface area contributed by atoms with Crippen molar-refractivity contribution in [3.63, 3.8) is 0 Å². The Balaban J connectivity index is 2.71. The van der Waals surface area contributed by atoms with Gasteiger partial charge in [-0.15, -0.1) is 0 Å². The number of carboxylic acid groups (broad SMARTS) is 1. The van der Waals surface area contributed by atoms with Gasteiger partial charge in [0.05, 0.1) is 5.41 Å². The summed E-state index contributed by atoms with van der Waals surface area (Å²) in [4.78, 5) is 22.7. The van der Waals surface area contributed by atoms with Gasteiger partial charge in [-0.2, -0.15) is 0 Å². The van der Waals surface area contributed by atoms with E-state index in [9.17, 15) is 9.59 Å². The van der Waals surface area contributed by atoms with Gasteiger partial charge in [0.15, 0.2) is 6.61 Å². The predicted octanol–water partition coefficient (Wildman–Crippen LogP) is 1.85. The summed E-state index contributed by atoms with van der Waals surface area (Å²) in [6, 6.07) is 6.56. The summed E-state index contributed by atoms with van der Waals surface area (Å²) in [5, 5.41) is 11.4. The van der Waals surface area contributed by atoms with Crippen LogP contribution in [-0.2, 0) is 9.59 Å². The lowest BCUT2D eigenvalue weighted by molar-refractivity contribution is -0.139. The third kappa shape index (κ3) is 4.46. The van der Waals surface area contributed by atoms with Crippen molar-refractivity contribution in [1.82, 2.24) is 0 Å². The van der Waals surface area contributed by atoms with Crippen LogP contribution in [0.15, 0.2) is 24.3 Å². The fourth-order valence-corrected chi connectivity index (χ4v) is 2.00. The van der Waals surface area contributed by atoms with Gasteiger partial charge >= 0.3 is 5.97 Å². The van der Waals surface area contributed by atoms with E-state index in [1.807, 2.05) is 13.8 Å². The van der Waals surface area contributed by atoms with E-state index in [4.69, 9.17) is 15.6 Å². The molecular weight excluding hydrogens is 272 g/mol. The highest BCUT2D eigenvalue weighted by Crippen LogP contribution is 2.27. The highest BCUT2D eigenvalue weighted by atomic mass is 16.5. The van der Waals surface area contributed by atoms with Gasteiger partial charge in [-0.3, -0.25) is 4.79 Å². The van der Waals surface area contributed by atoms with Crippen LogP contribution >= 0.6 is 0 Å². The van der Waals surface area contributed by atoms with Crippen molar-refractivity contribution >= 4 is 17.6 Å². The average molecular weight is 294 g/mol. The maximum absolute atomic E-state index is 12.3. The summed E-state index contributed by atoms with van der Waals surface area (Å²) < 4.78 is 5.03. The van der Waals surface area contributed by atoms with Gasteiger partial charge in [0.25, 0.3) is 0 Å². The Kier molecular flexibility index (Phi) is 6.17. The molecule has 1 rings (SSSR count). The summed E-state index contributed by atoms with van der Waals surface area (Å²) in [5.41, 5.74) is 5.81. The minimum absolute atomic E-state index is 0.103. The molecule has 0 saturated heterocycles. The van der Waals surface area contributed by atoms with Crippen molar-refractivity contribution in [2.75, 3.05) is 18.5 Å². The van der Waals surface area contributed by atoms with E-state index >= 15 is 0 Å². The first-order valence-corrected chi connectivity index (χ1v) is 6.93. The van der Waals surface area contributed by atoms with E-state index in [0.29, 0.717) is 30.8 Å². The molecule has 6 heteroatoms. The van der Waals surface area contributed by atoms with Crippen molar-refractivity contribution < 1.29 is 19.4 Å². The number of hydrogen-bond acceptors (Lipinski definition) is 4. The topological polar surface area (TPSA) is 102 Å². The van der Waals surface area contributed by atoms with Crippen LogP contribution < -0.4 is 15.8 Å². The zero-order valence-electron chi connectivity index (χ0n) is 12.4. The smallest absolute Gasteiger partial charge is 0.341 e. The number of benzene rings is 1. The second-order valence-corrected chi connectivity index (χ2v) is 4.85. The Morgan fingerprint density at radius 3 is 2.24 bits per heavy atom. The van der Waals surface area contributed by atoms with Crippen molar-refractivity contribution in [2.24, 2.45) is 11.1 Å². The van der Waals surface area contributed by atoms with Crippen LogP contribution in [0.25, 0.3) is 0 Å². The van der Waals surface area contributed by atoms with Crippen LogP contribution in [0.3, 0.4) is 0 Å². The van der Waals surface area contributed by atoms with Gasteiger partial charge in [-0.25, -0.2) is 4.79 Å². The minimum Gasteiger partial charge on any atom is -0.482 e. The van der Waals surface area contributed by atoms with Crippen LogP contribution in [-0.4, -0.2) is 30.1 Å². The number of aliphatic carboxylic acids is 1. The summed E-state index contributed by atoms with van der Waals surface area (Å²) in [7, 11) is 0. The van der Waals surface area contributed by atoms with E-state index in [1.54, 1.807) is 24.3 Å². The number of anilines is 1. The zero-order chi connectivity index (χ0) is 15.9. The van der Waals surface area contributed by atoms with E-state index in [-0.39, 0.29) is 5.91 Å². The second-order valence-electron chi connectivity index (χ2n) is 4.85. The molecule has 116 valence electrons. The summed E-state index contributed by atoms with van der Waals surface area (Å²) >= 11 is 0. The Morgan fingerprint density at radius 2 is 1.81 bits per heavy atom. The molecule has 0 aliphatic rings. The fourth-order valence-electron chi connectivity index (χ4n) is 2.00. The van der Waals surface area contributed by atoms with E-state index in [0.717, 1.165) is 0 Å². The number of carbonyl (C=O) groups is 2. The Morgan fingerprint density at radius 1 is 1.24 bits per heavy atom. The quantitative estimate of drug-likeness (QED) is 0.679. The van der Waals surface area contributed by atoms with E-state index in [1.165, 1.54) is 0 Å². The number of nitrogens with two attached hydrogens (primary N) is 1. The number of carboxylic acids is 1. The van der Waals surface area contributed by atoms with Gasteiger partial charge < -0.3 is 20.9 Å². The maximum atomic E-state index is 12.3. The summed E-state index contributed by atoms with van der Waals surface area (Å²) in [6.45, 7) is 3.79. The van der Waals surface area contributed by atoms with Crippen LogP contribution in [0, 0.1) is 5.41 Å². The molecule has 0 heterocycles. The number of amides is 1. The number of hydrogen-bond donors (Lipinski definition) is 3. The van der Waals surface area contributed by atoms with Crippen molar-refractivity contribution in [3.05, 3.63) is 24.3 Å². The second kappa shape index (κ2) is 7.64. The zero-order valence-corrected chi connectivity index (χ0v) is 12.4. The fraction of sp³-hybridized carbons (Fsp3) is 0.467. The molecule has 0 fully saturated rings. The van der Waals surface area contributed by atoms with Crippen molar-refractivity contribution in [2.45, 2.75) is 26.7 Å².